The molecule has 1 N–H and O–H groups in total. The van der Waals surface area contributed by atoms with Crippen molar-refractivity contribution in [2.45, 2.75) is 70.0 Å². The second-order valence-electron chi connectivity index (χ2n) is 8.27. The van der Waals surface area contributed by atoms with Gasteiger partial charge >= 0.3 is 0 Å². The van der Waals surface area contributed by atoms with Crippen molar-refractivity contribution in [1.82, 2.24) is 10.2 Å². The van der Waals surface area contributed by atoms with Crippen molar-refractivity contribution < 1.29 is 9.59 Å². The zero-order chi connectivity index (χ0) is 21.5. The summed E-state index contributed by atoms with van der Waals surface area (Å²) >= 11 is 1.52. The van der Waals surface area contributed by atoms with Gasteiger partial charge in [0.25, 0.3) is 0 Å². The maximum absolute atomic E-state index is 13.2. The number of benzene rings is 2. The highest BCUT2D eigenvalue weighted by Gasteiger charge is 2.28. The molecule has 2 aromatic rings. The summed E-state index contributed by atoms with van der Waals surface area (Å²) in [7, 11) is 0. The fourth-order valence-corrected chi connectivity index (χ4v) is 4.51. The Balaban J connectivity index is 1.69. The minimum absolute atomic E-state index is 0.0183. The van der Waals surface area contributed by atoms with Gasteiger partial charge in [0.1, 0.15) is 6.04 Å². The predicted molar refractivity (Wildman–Crippen MR) is 123 cm³/mol. The van der Waals surface area contributed by atoms with Gasteiger partial charge in [-0.1, -0.05) is 60.4 Å². The van der Waals surface area contributed by atoms with E-state index in [0.717, 1.165) is 23.3 Å². The maximum atomic E-state index is 13.2. The van der Waals surface area contributed by atoms with Crippen LogP contribution in [0, 0.1) is 13.8 Å². The molecule has 30 heavy (non-hydrogen) atoms. The number of carbonyl (C=O) groups is 2. The van der Waals surface area contributed by atoms with Crippen molar-refractivity contribution in [1.29, 1.82) is 0 Å². The molecule has 1 aliphatic rings. The lowest BCUT2D eigenvalue weighted by Gasteiger charge is -2.29. The van der Waals surface area contributed by atoms with E-state index in [-0.39, 0.29) is 17.9 Å². The highest BCUT2D eigenvalue weighted by Crippen LogP contribution is 2.21. The molecule has 0 unspecified atom stereocenters. The summed E-state index contributed by atoms with van der Waals surface area (Å²) < 4.78 is 0. The van der Waals surface area contributed by atoms with Gasteiger partial charge in [-0.05, 0) is 51.3 Å². The van der Waals surface area contributed by atoms with E-state index in [1.807, 2.05) is 57.2 Å². The summed E-state index contributed by atoms with van der Waals surface area (Å²) in [6.45, 7) is 6.37. The minimum atomic E-state index is -0.502. The van der Waals surface area contributed by atoms with Crippen LogP contribution < -0.4 is 5.32 Å². The Morgan fingerprint density at radius 2 is 1.57 bits per heavy atom. The van der Waals surface area contributed by atoms with Crippen LogP contribution in [0.2, 0.25) is 0 Å². The normalized spacial score (nSPS) is 15.0. The Morgan fingerprint density at radius 3 is 2.17 bits per heavy atom. The minimum Gasteiger partial charge on any atom is -0.352 e. The summed E-state index contributed by atoms with van der Waals surface area (Å²) in [4.78, 5) is 28.8. The van der Waals surface area contributed by atoms with Crippen LogP contribution >= 0.6 is 11.8 Å². The summed E-state index contributed by atoms with van der Waals surface area (Å²) in [6.07, 6.45) is 4.40. The molecule has 0 saturated heterocycles. The Morgan fingerprint density at radius 1 is 1.00 bits per heavy atom. The largest absolute Gasteiger partial charge is 0.352 e. The first kappa shape index (κ1) is 22.4. The lowest BCUT2D eigenvalue weighted by molar-refractivity contribution is -0.138. The monoisotopic (exact) mass is 424 g/mol. The van der Waals surface area contributed by atoms with Gasteiger partial charge in [0.15, 0.2) is 0 Å². The lowest BCUT2D eigenvalue weighted by Crippen LogP contribution is -2.50. The lowest BCUT2D eigenvalue weighted by atomic mass is 10.1. The van der Waals surface area contributed by atoms with Crippen molar-refractivity contribution >= 4 is 23.6 Å². The zero-order valence-corrected chi connectivity index (χ0v) is 19.0. The van der Waals surface area contributed by atoms with Gasteiger partial charge in [0, 0.05) is 17.5 Å². The number of nitrogens with one attached hydrogen (secondary N) is 1. The molecule has 2 amide bonds. The van der Waals surface area contributed by atoms with Gasteiger partial charge < -0.3 is 10.2 Å². The summed E-state index contributed by atoms with van der Waals surface area (Å²) in [6, 6.07) is 16.1. The fraction of sp³-hybridized carbons (Fsp3) is 0.440. The molecule has 1 saturated carbocycles. The Labute approximate surface area is 184 Å². The van der Waals surface area contributed by atoms with E-state index >= 15 is 0 Å². The number of carbonyl (C=O) groups excluding carboxylic acids is 2. The Hall–Kier alpha value is -2.27. The third-order valence-electron chi connectivity index (χ3n) is 5.73. The van der Waals surface area contributed by atoms with Crippen LogP contribution in [0.3, 0.4) is 0 Å². The average molecular weight is 425 g/mol. The van der Waals surface area contributed by atoms with Crippen LogP contribution in [0.4, 0.5) is 0 Å². The quantitative estimate of drug-likeness (QED) is 0.615. The van der Waals surface area contributed by atoms with E-state index in [1.165, 1.54) is 35.7 Å². The van der Waals surface area contributed by atoms with Crippen LogP contribution in [0.1, 0.15) is 49.3 Å². The van der Waals surface area contributed by atoms with E-state index in [1.54, 1.807) is 4.90 Å². The highest BCUT2D eigenvalue weighted by molar-refractivity contribution is 8.00. The van der Waals surface area contributed by atoms with Crippen LogP contribution in [-0.2, 0) is 16.1 Å². The number of rotatable bonds is 8. The molecule has 0 radical (unpaired) electrons. The SMILES string of the molecule is Cc1ccc(CN(C(=O)CSc2ccc(C)cc2)[C@H](C)C(=O)NC2CCCC2)cc1. The van der Waals surface area contributed by atoms with E-state index in [0.29, 0.717) is 12.3 Å². The molecule has 0 aromatic heterocycles. The van der Waals surface area contributed by atoms with Crippen LogP contribution in [-0.4, -0.2) is 34.6 Å². The van der Waals surface area contributed by atoms with Crippen molar-refractivity contribution in [3.05, 3.63) is 65.2 Å². The molecule has 0 aliphatic heterocycles. The molecular formula is C25H32N2O2S. The first-order chi connectivity index (χ1) is 14.4. The van der Waals surface area contributed by atoms with Gasteiger partial charge in [0.05, 0.1) is 5.75 Å². The van der Waals surface area contributed by atoms with Crippen molar-refractivity contribution in [3.8, 4) is 0 Å². The number of aryl methyl sites for hydroxylation is 2. The molecule has 4 nitrogen and oxygen atoms in total. The van der Waals surface area contributed by atoms with Gasteiger partial charge in [-0.15, -0.1) is 11.8 Å². The van der Waals surface area contributed by atoms with Gasteiger partial charge in [0.2, 0.25) is 11.8 Å². The molecule has 160 valence electrons. The third kappa shape index (κ3) is 6.36. The third-order valence-corrected chi connectivity index (χ3v) is 6.72. The molecule has 1 aliphatic carbocycles. The molecule has 5 heteroatoms. The van der Waals surface area contributed by atoms with Crippen molar-refractivity contribution in [2.24, 2.45) is 0 Å². The van der Waals surface area contributed by atoms with Crippen LogP contribution in [0.15, 0.2) is 53.4 Å². The molecule has 0 spiro atoms. The van der Waals surface area contributed by atoms with Crippen molar-refractivity contribution in [2.75, 3.05) is 5.75 Å². The average Bonchev–Trinajstić information content (AvgIpc) is 3.25. The first-order valence-electron chi connectivity index (χ1n) is 10.8. The van der Waals surface area contributed by atoms with E-state index < -0.39 is 6.04 Å². The fourth-order valence-electron chi connectivity index (χ4n) is 3.73. The molecular weight excluding hydrogens is 392 g/mol. The van der Waals surface area contributed by atoms with Crippen LogP contribution in [0.5, 0.6) is 0 Å². The van der Waals surface area contributed by atoms with Gasteiger partial charge in [-0.25, -0.2) is 0 Å². The number of hydrogen-bond donors (Lipinski definition) is 1. The van der Waals surface area contributed by atoms with Crippen LogP contribution in [0.25, 0.3) is 0 Å². The van der Waals surface area contributed by atoms with E-state index in [9.17, 15) is 9.59 Å². The molecule has 1 fully saturated rings. The first-order valence-corrected chi connectivity index (χ1v) is 11.8. The number of hydrogen-bond acceptors (Lipinski definition) is 3. The Bertz CT molecular complexity index is 842. The second kappa shape index (κ2) is 10.7. The standard InChI is InChI=1S/C25H32N2O2S/c1-18-8-12-21(13-9-18)16-27(20(3)25(29)26-22-6-4-5-7-22)24(28)17-30-23-14-10-19(2)11-15-23/h8-15,20,22H,4-7,16-17H2,1-3H3,(H,26,29)/t20-/m1/s1. The van der Waals surface area contributed by atoms with E-state index in [2.05, 4.69) is 17.4 Å². The van der Waals surface area contributed by atoms with Crippen molar-refractivity contribution in [3.63, 3.8) is 0 Å². The summed E-state index contributed by atoms with van der Waals surface area (Å²) in [5.74, 6) is 0.244. The molecule has 0 heterocycles. The predicted octanol–water partition coefficient (Wildman–Crippen LogP) is 4.87. The van der Waals surface area contributed by atoms with Gasteiger partial charge in [-0.3, -0.25) is 9.59 Å². The summed E-state index contributed by atoms with van der Waals surface area (Å²) in [5, 5.41) is 3.15. The topological polar surface area (TPSA) is 49.4 Å². The molecule has 2 aromatic carbocycles. The molecule has 0 bridgehead atoms. The summed E-state index contributed by atoms with van der Waals surface area (Å²) in [5.41, 5.74) is 3.41. The van der Waals surface area contributed by atoms with E-state index in [4.69, 9.17) is 0 Å². The highest BCUT2D eigenvalue weighted by atomic mass is 32.2. The number of amides is 2. The van der Waals surface area contributed by atoms with Gasteiger partial charge in [-0.2, -0.15) is 0 Å². The second-order valence-corrected chi connectivity index (χ2v) is 9.32. The Kier molecular flexibility index (Phi) is 7.97. The molecule has 3 rings (SSSR count). The zero-order valence-electron chi connectivity index (χ0n) is 18.2. The number of thioether (sulfide) groups is 1. The number of nitrogens with zero attached hydrogens (tertiary/aromatic N) is 1. The smallest absolute Gasteiger partial charge is 0.242 e. The maximum Gasteiger partial charge on any atom is 0.242 e. The molecule has 1 atom stereocenters.